The fraction of sp³-hybridized carbons (Fsp3) is 0.571. The van der Waals surface area contributed by atoms with Gasteiger partial charge in [-0.25, -0.2) is 0 Å². The largest absolute Gasteiger partial charge is 0.416 e. The minimum atomic E-state index is -4.27. The van der Waals surface area contributed by atoms with Crippen LogP contribution in [0.4, 0.5) is 18.9 Å². The number of hydrogen-bond donors (Lipinski definition) is 1. The van der Waals surface area contributed by atoms with Gasteiger partial charge in [0.05, 0.1) is 11.7 Å². The molecule has 1 saturated carbocycles. The molecule has 1 aromatic rings. The molecule has 1 aliphatic rings. The first kappa shape index (κ1) is 14.2. The highest BCUT2D eigenvalue weighted by Gasteiger charge is 2.30. The predicted octanol–water partition coefficient (Wildman–Crippen LogP) is 4.07. The SMILES string of the molecule is COC1CCC(Nc2ccc(C(F)(F)F)cc2)CC1. The number of nitrogens with one attached hydrogen (secondary N) is 1. The molecule has 1 N–H and O–H groups in total. The van der Waals surface area contributed by atoms with Gasteiger partial charge in [0.25, 0.3) is 0 Å². The molecule has 19 heavy (non-hydrogen) atoms. The fourth-order valence-electron chi connectivity index (χ4n) is 2.43. The van der Waals surface area contributed by atoms with E-state index in [1.54, 1.807) is 7.11 Å². The van der Waals surface area contributed by atoms with E-state index in [0.29, 0.717) is 12.1 Å². The summed E-state index contributed by atoms with van der Waals surface area (Å²) in [4.78, 5) is 0. The summed E-state index contributed by atoms with van der Waals surface area (Å²) in [5, 5.41) is 3.28. The zero-order chi connectivity index (χ0) is 13.9. The number of benzene rings is 1. The molecule has 0 atom stereocenters. The molecular formula is C14H18F3NO. The molecule has 0 spiro atoms. The van der Waals surface area contributed by atoms with E-state index in [1.165, 1.54) is 12.1 Å². The Labute approximate surface area is 111 Å². The van der Waals surface area contributed by atoms with E-state index in [4.69, 9.17) is 4.74 Å². The number of alkyl halides is 3. The molecule has 2 rings (SSSR count). The van der Waals surface area contributed by atoms with Crippen molar-refractivity contribution in [2.75, 3.05) is 12.4 Å². The van der Waals surface area contributed by atoms with Crippen LogP contribution in [0, 0.1) is 0 Å². The van der Waals surface area contributed by atoms with Gasteiger partial charge in [-0.05, 0) is 49.9 Å². The monoisotopic (exact) mass is 273 g/mol. The number of rotatable bonds is 3. The maximum atomic E-state index is 12.4. The third kappa shape index (κ3) is 3.86. The number of hydrogen-bond acceptors (Lipinski definition) is 2. The number of ether oxygens (including phenoxy) is 1. The molecule has 0 heterocycles. The van der Waals surface area contributed by atoms with E-state index in [0.717, 1.165) is 43.5 Å². The third-order valence-corrected chi connectivity index (χ3v) is 3.59. The van der Waals surface area contributed by atoms with Crippen molar-refractivity contribution < 1.29 is 17.9 Å². The van der Waals surface area contributed by atoms with Gasteiger partial charge in [-0.1, -0.05) is 0 Å². The third-order valence-electron chi connectivity index (χ3n) is 3.59. The zero-order valence-corrected chi connectivity index (χ0v) is 10.8. The van der Waals surface area contributed by atoms with E-state index < -0.39 is 11.7 Å². The summed E-state index contributed by atoms with van der Waals surface area (Å²) < 4.78 is 42.6. The normalized spacial score (nSPS) is 24.2. The van der Waals surface area contributed by atoms with Crippen molar-refractivity contribution >= 4 is 5.69 Å². The Morgan fingerprint density at radius 3 is 2.11 bits per heavy atom. The van der Waals surface area contributed by atoms with Gasteiger partial charge in [-0.3, -0.25) is 0 Å². The van der Waals surface area contributed by atoms with Crippen LogP contribution in [0.25, 0.3) is 0 Å². The quantitative estimate of drug-likeness (QED) is 0.896. The van der Waals surface area contributed by atoms with E-state index in [2.05, 4.69) is 5.32 Å². The van der Waals surface area contributed by atoms with Crippen LogP contribution in [0.1, 0.15) is 31.2 Å². The van der Waals surface area contributed by atoms with Crippen LogP contribution in [0.15, 0.2) is 24.3 Å². The van der Waals surface area contributed by atoms with Crippen LogP contribution in [-0.4, -0.2) is 19.3 Å². The molecule has 1 aliphatic carbocycles. The highest BCUT2D eigenvalue weighted by atomic mass is 19.4. The summed E-state index contributed by atoms with van der Waals surface area (Å²) in [5.74, 6) is 0. The molecule has 1 aromatic carbocycles. The van der Waals surface area contributed by atoms with E-state index in [-0.39, 0.29) is 0 Å². The molecule has 0 aliphatic heterocycles. The second-order valence-corrected chi connectivity index (χ2v) is 4.93. The minimum Gasteiger partial charge on any atom is -0.382 e. The van der Waals surface area contributed by atoms with Crippen LogP contribution in [-0.2, 0) is 10.9 Å². The summed E-state index contributed by atoms with van der Waals surface area (Å²) in [6.07, 6.45) is 0.0169. The topological polar surface area (TPSA) is 21.3 Å². The van der Waals surface area contributed by atoms with Crippen molar-refractivity contribution in [1.82, 2.24) is 0 Å². The van der Waals surface area contributed by atoms with Gasteiger partial charge >= 0.3 is 6.18 Å². The molecule has 0 saturated heterocycles. The van der Waals surface area contributed by atoms with E-state index >= 15 is 0 Å². The van der Waals surface area contributed by atoms with Crippen LogP contribution in [0.3, 0.4) is 0 Å². The van der Waals surface area contributed by atoms with Gasteiger partial charge in [0.1, 0.15) is 0 Å². The molecule has 0 unspecified atom stereocenters. The van der Waals surface area contributed by atoms with Crippen LogP contribution in [0.2, 0.25) is 0 Å². The maximum Gasteiger partial charge on any atom is 0.416 e. The number of halogens is 3. The summed E-state index contributed by atoms with van der Waals surface area (Å²) in [6, 6.07) is 5.53. The highest BCUT2D eigenvalue weighted by molar-refractivity contribution is 5.46. The van der Waals surface area contributed by atoms with Crippen LogP contribution >= 0.6 is 0 Å². The lowest BCUT2D eigenvalue weighted by atomic mass is 9.93. The average Bonchev–Trinajstić information content (AvgIpc) is 2.39. The molecular weight excluding hydrogens is 255 g/mol. The van der Waals surface area contributed by atoms with Gasteiger partial charge in [-0.15, -0.1) is 0 Å². The van der Waals surface area contributed by atoms with Crippen molar-refractivity contribution in [3.05, 3.63) is 29.8 Å². The van der Waals surface area contributed by atoms with Gasteiger partial charge in [0.15, 0.2) is 0 Å². The van der Waals surface area contributed by atoms with Gasteiger partial charge in [0.2, 0.25) is 0 Å². The Kier molecular flexibility index (Phi) is 4.34. The Balaban J connectivity index is 1.90. The lowest BCUT2D eigenvalue weighted by Gasteiger charge is -2.29. The first-order valence-electron chi connectivity index (χ1n) is 6.45. The maximum absolute atomic E-state index is 12.4. The Morgan fingerprint density at radius 1 is 1.05 bits per heavy atom. The molecule has 0 aromatic heterocycles. The van der Waals surface area contributed by atoms with Gasteiger partial charge in [0, 0.05) is 18.8 Å². The van der Waals surface area contributed by atoms with Crippen molar-refractivity contribution in [1.29, 1.82) is 0 Å². The summed E-state index contributed by atoms with van der Waals surface area (Å²) >= 11 is 0. The minimum absolute atomic E-state index is 0.322. The molecule has 106 valence electrons. The molecule has 1 fully saturated rings. The first-order valence-corrected chi connectivity index (χ1v) is 6.45. The molecule has 0 radical (unpaired) electrons. The molecule has 5 heteroatoms. The van der Waals surface area contributed by atoms with E-state index in [1.807, 2.05) is 0 Å². The predicted molar refractivity (Wildman–Crippen MR) is 68.1 cm³/mol. The number of methoxy groups -OCH3 is 1. The van der Waals surface area contributed by atoms with Crippen molar-refractivity contribution in [2.45, 2.75) is 44.0 Å². The second-order valence-electron chi connectivity index (χ2n) is 4.93. The highest BCUT2D eigenvalue weighted by Crippen LogP contribution is 2.30. The Bertz CT molecular complexity index is 394. The summed E-state index contributed by atoms with van der Waals surface area (Å²) in [5.41, 5.74) is 0.134. The van der Waals surface area contributed by atoms with Crippen LogP contribution in [0.5, 0.6) is 0 Å². The number of anilines is 1. The fourth-order valence-corrected chi connectivity index (χ4v) is 2.43. The lowest BCUT2D eigenvalue weighted by Crippen LogP contribution is -2.29. The Hall–Kier alpha value is -1.23. The van der Waals surface area contributed by atoms with Gasteiger partial charge in [-0.2, -0.15) is 13.2 Å². The lowest BCUT2D eigenvalue weighted by molar-refractivity contribution is -0.137. The van der Waals surface area contributed by atoms with Crippen molar-refractivity contribution in [3.8, 4) is 0 Å². The van der Waals surface area contributed by atoms with Crippen molar-refractivity contribution in [2.24, 2.45) is 0 Å². The smallest absolute Gasteiger partial charge is 0.382 e. The first-order chi connectivity index (χ1) is 8.99. The van der Waals surface area contributed by atoms with E-state index in [9.17, 15) is 13.2 Å². The van der Waals surface area contributed by atoms with Crippen LogP contribution < -0.4 is 5.32 Å². The standard InChI is InChI=1S/C14H18F3NO/c1-19-13-8-6-12(7-9-13)18-11-4-2-10(3-5-11)14(15,16)17/h2-5,12-13,18H,6-9H2,1H3. The molecule has 0 amide bonds. The Morgan fingerprint density at radius 2 is 1.63 bits per heavy atom. The summed E-state index contributed by atoms with van der Waals surface area (Å²) in [7, 11) is 1.72. The zero-order valence-electron chi connectivity index (χ0n) is 10.8. The second kappa shape index (κ2) is 5.82. The van der Waals surface area contributed by atoms with Gasteiger partial charge < -0.3 is 10.1 Å². The summed E-state index contributed by atoms with van der Waals surface area (Å²) in [6.45, 7) is 0. The van der Waals surface area contributed by atoms with Crippen molar-refractivity contribution in [3.63, 3.8) is 0 Å². The average molecular weight is 273 g/mol. The molecule has 0 bridgehead atoms. The molecule has 2 nitrogen and oxygen atoms in total.